The van der Waals surface area contributed by atoms with Crippen molar-refractivity contribution < 1.29 is 9.53 Å². The van der Waals surface area contributed by atoms with Crippen LogP contribution in [0.1, 0.15) is 38.3 Å². The summed E-state index contributed by atoms with van der Waals surface area (Å²) in [4.78, 5) is 11.8. The first-order valence-corrected chi connectivity index (χ1v) is 6.36. The van der Waals surface area contributed by atoms with E-state index in [1.807, 2.05) is 52.8 Å². The monoisotopic (exact) mass is 249 g/mol. The molecule has 0 fully saturated rings. The van der Waals surface area contributed by atoms with E-state index in [-0.39, 0.29) is 18.1 Å². The largest absolute Gasteiger partial charge is 0.483 e. The number of carbonyl (C=O) groups is 1. The number of rotatable bonds is 5. The predicted octanol–water partition coefficient (Wildman–Crippen LogP) is 2.99. The maximum Gasteiger partial charge on any atom is 0.258 e. The Bertz CT molecular complexity index is 425. The van der Waals surface area contributed by atoms with E-state index in [0.717, 1.165) is 17.7 Å². The summed E-state index contributed by atoms with van der Waals surface area (Å²) in [6.45, 7) is 10.1. The van der Waals surface area contributed by atoms with Crippen LogP contribution in [0.25, 0.3) is 0 Å². The van der Waals surface area contributed by atoms with Gasteiger partial charge in [0.1, 0.15) is 5.75 Å². The number of carbonyl (C=O) groups excluding carboxylic acids is 1. The molecule has 1 aromatic carbocycles. The molecular weight excluding hydrogens is 226 g/mol. The Hall–Kier alpha value is -1.51. The van der Waals surface area contributed by atoms with Crippen LogP contribution >= 0.6 is 0 Å². The van der Waals surface area contributed by atoms with Crippen molar-refractivity contribution in [3.8, 4) is 5.75 Å². The van der Waals surface area contributed by atoms with Gasteiger partial charge >= 0.3 is 0 Å². The van der Waals surface area contributed by atoms with Crippen molar-refractivity contribution in [1.82, 2.24) is 5.32 Å². The lowest BCUT2D eigenvalue weighted by atomic mass is 10.0. The second-order valence-corrected chi connectivity index (χ2v) is 5.27. The maximum absolute atomic E-state index is 11.8. The van der Waals surface area contributed by atoms with Crippen molar-refractivity contribution in [2.45, 2.75) is 46.6 Å². The molecule has 3 heteroatoms. The first-order valence-electron chi connectivity index (χ1n) is 6.36. The van der Waals surface area contributed by atoms with E-state index in [9.17, 15) is 4.79 Å². The van der Waals surface area contributed by atoms with E-state index in [4.69, 9.17) is 4.74 Å². The average Bonchev–Trinajstić information content (AvgIpc) is 2.30. The van der Waals surface area contributed by atoms with Crippen molar-refractivity contribution in [2.24, 2.45) is 0 Å². The first-order chi connectivity index (χ1) is 8.35. The highest BCUT2D eigenvalue weighted by molar-refractivity contribution is 5.78. The first kappa shape index (κ1) is 14.6. The summed E-state index contributed by atoms with van der Waals surface area (Å²) in [6, 6.07) is 5.86. The summed E-state index contributed by atoms with van der Waals surface area (Å²) in [5.41, 5.74) is 2.07. The Morgan fingerprint density at radius 2 is 2.00 bits per heavy atom. The van der Waals surface area contributed by atoms with Gasteiger partial charge in [-0.25, -0.2) is 0 Å². The highest BCUT2D eigenvalue weighted by Gasteiger charge is 2.18. The zero-order chi connectivity index (χ0) is 13.8. The molecule has 0 aliphatic rings. The maximum atomic E-state index is 11.8. The Kier molecular flexibility index (Phi) is 4.76. The van der Waals surface area contributed by atoms with Gasteiger partial charge in [0.2, 0.25) is 0 Å². The number of hydrogen-bond donors (Lipinski definition) is 1. The van der Waals surface area contributed by atoms with Crippen molar-refractivity contribution in [3.63, 3.8) is 0 Å². The zero-order valence-corrected chi connectivity index (χ0v) is 12.0. The lowest BCUT2D eigenvalue weighted by Gasteiger charge is -2.24. The fourth-order valence-electron chi connectivity index (χ4n) is 1.53. The molecule has 0 unspecified atom stereocenters. The van der Waals surface area contributed by atoms with E-state index < -0.39 is 0 Å². The Labute approximate surface area is 110 Å². The van der Waals surface area contributed by atoms with E-state index >= 15 is 0 Å². The molecule has 3 nitrogen and oxygen atoms in total. The van der Waals surface area contributed by atoms with Crippen LogP contribution in [0.4, 0.5) is 0 Å². The predicted molar refractivity (Wildman–Crippen MR) is 73.9 cm³/mol. The summed E-state index contributed by atoms with van der Waals surface area (Å²) in [5.74, 6) is 0.696. The Morgan fingerprint density at radius 3 is 2.61 bits per heavy atom. The van der Waals surface area contributed by atoms with E-state index in [2.05, 4.69) is 5.32 Å². The smallest absolute Gasteiger partial charge is 0.258 e. The Morgan fingerprint density at radius 1 is 1.33 bits per heavy atom. The number of aryl methyl sites for hydroxylation is 1. The summed E-state index contributed by atoms with van der Waals surface area (Å²) < 4.78 is 5.56. The molecule has 1 N–H and O–H groups in total. The normalized spacial score (nSPS) is 11.2. The van der Waals surface area contributed by atoms with Gasteiger partial charge in [0.15, 0.2) is 6.61 Å². The van der Waals surface area contributed by atoms with Crippen LogP contribution in [0.5, 0.6) is 5.75 Å². The van der Waals surface area contributed by atoms with Gasteiger partial charge in [-0.05, 0) is 51.3 Å². The van der Waals surface area contributed by atoms with Gasteiger partial charge < -0.3 is 10.1 Å². The minimum absolute atomic E-state index is 0.0632. The SMILES string of the molecule is CCC(C)(C)NC(=O)COc1cccc(C)c1C. The number of ether oxygens (including phenoxy) is 1. The summed E-state index contributed by atoms with van der Waals surface area (Å²) in [5, 5.41) is 2.95. The molecule has 0 saturated carbocycles. The third-order valence-electron chi connectivity index (χ3n) is 3.28. The fraction of sp³-hybridized carbons (Fsp3) is 0.533. The number of amides is 1. The molecule has 1 amide bonds. The van der Waals surface area contributed by atoms with Crippen LogP contribution in [0, 0.1) is 13.8 Å². The summed E-state index contributed by atoms with van der Waals surface area (Å²) in [7, 11) is 0. The molecule has 0 aliphatic carbocycles. The van der Waals surface area contributed by atoms with Gasteiger partial charge in [0, 0.05) is 5.54 Å². The van der Waals surface area contributed by atoms with Gasteiger partial charge in [-0.3, -0.25) is 4.79 Å². The van der Waals surface area contributed by atoms with Crippen LogP contribution in [0.15, 0.2) is 18.2 Å². The molecule has 0 bridgehead atoms. The van der Waals surface area contributed by atoms with Gasteiger partial charge in [-0.2, -0.15) is 0 Å². The minimum Gasteiger partial charge on any atom is -0.483 e. The molecule has 0 spiro atoms. The van der Waals surface area contributed by atoms with Gasteiger partial charge in [0.25, 0.3) is 5.91 Å². The summed E-state index contributed by atoms with van der Waals surface area (Å²) >= 11 is 0. The highest BCUT2D eigenvalue weighted by Crippen LogP contribution is 2.20. The minimum atomic E-state index is -0.178. The molecule has 1 aromatic rings. The van der Waals surface area contributed by atoms with Crippen LogP contribution in [-0.4, -0.2) is 18.1 Å². The molecule has 18 heavy (non-hydrogen) atoms. The van der Waals surface area contributed by atoms with Crippen molar-refractivity contribution >= 4 is 5.91 Å². The molecule has 0 aliphatic heterocycles. The molecule has 1 rings (SSSR count). The van der Waals surface area contributed by atoms with Crippen molar-refractivity contribution in [3.05, 3.63) is 29.3 Å². The van der Waals surface area contributed by atoms with E-state index in [0.29, 0.717) is 0 Å². The van der Waals surface area contributed by atoms with Gasteiger partial charge in [-0.1, -0.05) is 19.1 Å². The topological polar surface area (TPSA) is 38.3 Å². The highest BCUT2D eigenvalue weighted by atomic mass is 16.5. The van der Waals surface area contributed by atoms with Gasteiger partial charge in [-0.15, -0.1) is 0 Å². The Balaban J connectivity index is 2.56. The van der Waals surface area contributed by atoms with Crippen LogP contribution < -0.4 is 10.1 Å². The standard InChI is InChI=1S/C15H23NO2/c1-6-15(4,5)16-14(17)10-18-13-9-7-8-11(2)12(13)3/h7-9H,6,10H2,1-5H3,(H,16,17). The van der Waals surface area contributed by atoms with Crippen LogP contribution in [-0.2, 0) is 4.79 Å². The van der Waals surface area contributed by atoms with E-state index in [1.165, 1.54) is 5.56 Å². The third kappa shape index (κ3) is 4.06. The second-order valence-electron chi connectivity index (χ2n) is 5.27. The number of nitrogens with one attached hydrogen (secondary N) is 1. The lowest BCUT2D eigenvalue weighted by molar-refractivity contribution is -0.124. The molecule has 0 heterocycles. The second kappa shape index (κ2) is 5.89. The third-order valence-corrected chi connectivity index (χ3v) is 3.28. The van der Waals surface area contributed by atoms with Crippen molar-refractivity contribution in [1.29, 1.82) is 0 Å². The van der Waals surface area contributed by atoms with Crippen LogP contribution in [0.2, 0.25) is 0 Å². The zero-order valence-electron chi connectivity index (χ0n) is 12.0. The van der Waals surface area contributed by atoms with Gasteiger partial charge in [0.05, 0.1) is 0 Å². The lowest BCUT2D eigenvalue weighted by Crippen LogP contribution is -2.44. The number of benzene rings is 1. The molecule has 0 aromatic heterocycles. The van der Waals surface area contributed by atoms with Crippen LogP contribution in [0.3, 0.4) is 0 Å². The number of hydrogen-bond acceptors (Lipinski definition) is 2. The average molecular weight is 249 g/mol. The van der Waals surface area contributed by atoms with E-state index in [1.54, 1.807) is 0 Å². The molecular formula is C15H23NO2. The quantitative estimate of drug-likeness (QED) is 0.871. The summed E-state index contributed by atoms with van der Waals surface area (Å²) in [6.07, 6.45) is 0.891. The molecule has 0 radical (unpaired) electrons. The molecule has 100 valence electrons. The molecule has 0 atom stereocenters. The molecule has 0 saturated heterocycles. The van der Waals surface area contributed by atoms with Crippen molar-refractivity contribution in [2.75, 3.05) is 6.61 Å². The fourth-order valence-corrected chi connectivity index (χ4v) is 1.53.